The summed E-state index contributed by atoms with van der Waals surface area (Å²) < 4.78 is 23.2. The van der Waals surface area contributed by atoms with E-state index in [0.29, 0.717) is 35.1 Å². The van der Waals surface area contributed by atoms with E-state index < -0.39 is 6.02 Å². The van der Waals surface area contributed by atoms with Crippen molar-refractivity contribution in [3.8, 4) is 6.07 Å². The van der Waals surface area contributed by atoms with Gasteiger partial charge in [-0.1, -0.05) is 32.9 Å². The monoisotopic (exact) mass is 472 g/mol. The lowest BCUT2D eigenvalue weighted by Crippen LogP contribution is -2.38. The number of benzene rings is 2. The van der Waals surface area contributed by atoms with E-state index in [9.17, 15) is 11.0 Å². The number of hydrogen-bond donors (Lipinski definition) is 4. The highest BCUT2D eigenvalue weighted by Crippen LogP contribution is 2.34. The summed E-state index contributed by atoms with van der Waals surface area (Å²) in [6.07, 6.45) is 5.67. The van der Waals surface area contributed by atoms with Crippen molar-refractivity contribution >= 4 is 22.3 Å². The van der Waals surface area contributed by atoms with E-state index in [1.165, 1.54) is 12.1 Å². The van der Waals surface area contributed by atoms with Crippen LogP contribution in [0.5, 0.6) is 0 Å². The first kappa shape index (κ1) is 21.7. The molecule has 1 aliphatic heterocycles. The van der Waals surface area contributed by atoms with Crippen LogP contribution in [0.1, 0.15) is 52.1 Å². The fourth-order valence-corrected chi connectivity index (χ4v) is 3.96. The molecule has 1 fully saturated rings. The van der Waals surface area contributed by atoms with Gasteiger partial charge in [0.15, 0.2) is 0 Å². The van der Waals surface area contributed by atoms with Crippen molar-refractivity contribution in [2.24, 2.45) is 5.41 Å². The average Bonchev–Trinajstić information content (AvgIpc) is 3.57. The second-order valence-electron chi connectivity index (χ2n) is 10.2. The Labute approximate surface area is 206 Å². The normalized spacial score (nSPS) is 17.7. The lowest BCUT2D eigenvalue weighted by atomic mass is 9.96. The fraction of sp³-hybridized carbons (Fsp3) is 0.333. The van der Waals surface area contributed by atoms with Gasteiger partial charge in [-0.3, -0.25) is 9.99 Å². The highest BCUT2D eigenvalue weighted by Gasteiger charge is 2.32. The van der Waals surface area contributed by atoms with E-state index in [2.05, 4.69) is 53.4 Å². The van der Waals surface area contributed by atoms with E-state index in [1.807, 2.05) is 29.4 Å². The molecule has 0 bridgehead atoms. The van der Waals surface area contributed by atoms with Crippen molar-refractivity contribution < 1.29 is 5.76 Å². The molecule has 5 rings (SSSR count). The van der Waals surface area contributed by atoms with Crippen molar-refractivity contribution in [1.29, 1.82) is 5.26 Å². The number of rotatable bonds is 7. The predicted octanol–water partition coefficient (Wildman–Crippen LogP) is 5.19. The van der Waals surface area contributed by atoms with Gasteiger partial charge in [-0.25, -0.2) is 4.39 Å². The zero-order valence-electron chi connectivity index (χ0n) is 21.1. The molecular weight excluding hydrogens is 441 g/mol. The second kappa shape index (κ2) is 9.08. The van der Waals surface area contributed by atoms with Crippen LogP contribution in [0.3, 0.4) is 0 Å². The Balaban J connectivity index is 1.56. The van der Waals surface area contributed by atoms with Crippen LogP contribution in [0, 0.1) is 22.6 Å². The summed E-state index contributed by atoms with van der Waals surface area (Å²) >= 11 is 0. The summed E-state index contributed by atoms with van der Waals surface area (Å²) in [4.78, 5) is 4.46. The number of fused-ring (bicyclic) bond motifs is 1. The summed E-state index contributed by atoms with van der Waals surface area (Å²) in [7, 11) is 0. The van der Waals surface area contributed by atoms with E-state index in [4.69, 9.17) is 0 Å². The minimum atomic E-state index is -1.43. The number of anilines is 2. The highest BCUT2D eigenvalue weighted by molar-refractivity contribution is 5.96. The smallest absolute Gasteiger partial charge is 0.123 e. The highest BCUT2D eigenvalue weighted by atomic mass is 19.1. The van der Waals surface area contributed by atoms with Crippen molar-refractivity contribution in [3.63, 3.8) is 0 Å². The molecule has 1 aromatic heterocycles. The quantitative estimate of drug-likeness (QED) is 0.377. The van der Waals surface area contributed by atoms with Gasteiger partial charge in [-0.15, -0.1) is 5.53 Å². The first-order valence-electron chi connectivity index (χ1n) is 12.3. The molecule has 0 spiro atoms. The van der Waals surface area contributed by atoms with Gasteiger partial charge in [0.05, 0.1) is 29.9 Å². The molecule has 1 unspecified atom stereocenters. The van der Waals surface area contributed by atoms with Gasteiger partial charge in [0, 0.05) is 36.1 Å². The van der Waals surface area contributed by atoms with Crippen molar-refractivity contribution in [2.45, 2.75) is 45.7 Å². The SMILES string of the molecule is [2H]C(Nc1ccc2ncc(C#N)c(NCC(C)(C)C)c2c1)(C1=CN(C2CC2)NN1)c1ccc(F)cc1. The number of nitrogens with one attached hydrogen (secondary N) is 4. The molecule has 1 saturated carbocycles. The largest absolute Gasteiger partial charge is 0.383 e. The maximum absolute atomic E-state index is 13.7. The molecule has 35 heavy (non-hydrogen) atoms. The molecule has 4 N–H and O–H groups in total. The van der Waals surface area contributed by atoms with Crippen LogP contribution in [0.4, 0.5) is 15.8 Å². The number of nitriles is 1. The molecule has 2 aliphatic rings. The molecule has 7 nitrogen and oxygen atoms in total. The van der Waals surface area contributed by atoms with Crippen molar-refractivity contribution in [1.82, 2.24) is 21.0 Å². The first-order valence-corrected chi connectivity index (χ1v) is 11.8. The molecule has 2 aromatic carbocycles. The Bertz CT molecular complexity index is 1360. The summed E-state index contributed by atoms with van der Waals surface area (Å²) in [6, 6.07) is 12.8. The summed E-state index contributed by atoms with van der Waals surface area (Å²) in [6.45, 7) is 7.05. The van der Waals surface area contributed by atoms with E-state index in [1.54, 1.807) is 18.3 Å². The van der Waals surface area contributed by atoms with E-state index in [-0.39, 0.29) is 11.2 Å². The molecule has 0 amide bonds. The third-order valence-electron chi connectivity index (χ3n) is 5.98. The van der Waals surface area contributed by atoms with Gasteiger partial charge in [0.2, 0.25) is 0 Å². The van der Waals surface area contributed by atoms with Gasteiger partial charge in [-0.05, 0) is 54.2 Å². The molecule has 2 heterocycles. The molecule has 1 atom stereocenters. The van der Waals surface area contributed by atoms with Gasteiger partial charge >= 0.3 is 0 Å². The molecule has 8 heteroatoms. The predicted molar refractivity (Wildman–Crippen MR) is 136 cm³/mol. The first-order chi connectivity index (χ1) is 17.2. The topological polar surface area (TPSA) is 88.0 Å². The third-order valence-corrected chi connectivity index (χ3v) is 5.98. The number of pyridine rings is 1. The van der Waals surface area contributed by atoms with Crippen LogP contribution in [0.2, 0.25) is 0 Å². The van der Waals surface area contributed by atoms with Crippen LogP contribution in [0.15, 0.2) is 60.6 Å². The van der Waals surface area contributed by atoms with Crippen molar-refractivity contribution in [2.75, 3.05) is 17.2 Å². The van der Waals surface area contributed by atoms with Gasteiger partial charge in [-0.2, -0.15) is 5.26 Å². The maximum Gasteiger partial charge on any atom is 0.123 e. The number of halogens is 1. The zero-order valence-corrected chi connectivity index (χ0v) is 20.1. The second-order valence-corrected chi connectivity index (χ2v) is 10.2. The molecular formula is C27H30FN7. The maximum atomic E-state index is 13.7. The number of hydrogen-bond acceptors (Lipinski definition) is 7. The van der Waals surface area contributed by atoms with Crippen molar-refractivity contribution in [3.05, 3.63) is 77.5 Å². The molecule has 0 saturated heterocycles. The standard InChI is InChI=1S/C27H30FN7/c1-27(2,3)16-31-25-18(13-29)14-30-23-11-8-20(12-22(23)25)32-26(17-4-6-19(28)7-5-17)24-15-35(34-33-24)21-9-10-21/h4-8,11-12,14-15,21,26,32-34H,9-10,16H2,1-3H3,(H,30,31)/i26D. The van der Waals surface area contributed by atoms with Gasteiger partial charge < -0.3 is 16.1 Å². The van der Waals surface area contributed by atoms with Crippen LogP contribution in [-0.4, -0.2) is 22.6 Å². The average molecular weight is 473 g/mol. The lowest BCUT2D eigenvalue weighted by molar-refractivity contribution is 0.260. The molecule has 180 valence electrons. The van der Waals surface area contributed by atoms with Gasteiger partial charge in [0.1, 0.15) is 11.9 Å². The molecule has 1 aliphatic carbocycles. The number of aromatic nitrogens is 1. The fourth-order valence-electron chi connectivity index (χ4n) is 3.96. The minimum absolute atomic E-state index is 0.0120. The Kier molecular flexibility index (Phi) is 5.63. The zero-order chi connectivity index (χ0) is 25.5. The summed E-state index contributed by atoms with van der Waals surface area (Å²) in [5.74, 6) is -0.359. The lowest BCUT2D eigenvalue weighted by Gasteiger charge is -2.23. The number of nitrogens with zero attached hydrogens (tertiary/aromatic N) is 3. The van der Waals surface area contributed by atoms with Crippen LogP contribution in [-0.2, 0) is 0 Å². The number of hydrazine groups is 2. The van der Waals surface area contributed by atoms with Crippen LogP contribution >= 0.6 is 0 Å². The Hall–Kier alpha value is -3.83. The Morgan fingerprint density at radius 3 is 2.71 bits per heavy atom. The molecule has 0 radical (unpaired) electrons. The summed E-state index contributed by atoms with van der Waals surface area (Å²) in [5, 5.41) is 19.3. The summed E-state index contributed by atoms with van der Waals surface area (Å²) in [5.41, 5.74) is 10.0. The third kappa shape index (κ3) is 5.15. The van der Waals surface area contributed by atoms with Crippen LogP contribution in [0.25, 0.3) is 10.9 Å². The molecule has 3 aromatic rings. The van der Waals surface area contributed by atoms with E-state index in [0.717, 1.165) is 29.4 Å². The van der Waals surface area contributed by atoms with Crippen LogP contribution < -0.4 is 21.6 Å². The Morgan fingerprint density at radius 1 is 1.26 bits per heavy atom. The minimum Gasteiger partial charge on any atom is -0.383 e. The van der Waals surface area contributed by atoms with E-state index >= 15 is 0 Å². The van der Waals surface area contributed by atoms with Gasteiger partial charge in [0.25, 0.3) is 0 Å². The Morgan fingerprint density at radius 2 is 2.03 bits per heavy atom.